The van der Waals surface area contributed by atoms with Crippen LogP contribution in [0.15, 0.2) is 18.3 Å². The average Bonchev–Trinajstić information content (AvgIpc) is 2.53. The van der Waals surface area contributed by atoms with Crippen LogP contribution in [0.5, 0.6) is 0 Å². The van der Waals surface area contributed by atoms with E-state index in [0.29, 0.717) is 39.1 Å². The molecule has 1 fully saturated rings. The highest BCUT2D eigenvalue weighted by molar-refractivity contribution is 5.83. The standard InChI is InChI=1S/C15H23N3O2/c1-2-12-4-3-7-17-13(12)10-18-14(19)15(11-16)5-8-20-9-6-15/h3-4,7H,2,5-6,8-11,16H2,1H3,(H,18,19). The predicted octanol–water partition coefficient (Wildman–Crippen LogP) is 1.02. The first-order chi connectivity index (χ1) is 9.72. The van der Waals surface area contributed by atoms with Gasteiger partial charge in [-0.15, -0.1) is 0 Å². The number of carbonyl (C=O) groups excluding carboxylic acids is 1. The highest BCUT2D eigenvalue weighted by Crippen LogP contribution is 2.29. The Kier molecular flexibility index (Phi) is 5.09. The molecular formula is C15H23N3O2. The summed E-state index contributed by atoms with van der Waals surface area (Å²) in [6.07, 6.45) is 4.05. The molecular weight excluding hydrogens is 254 g/mol. The number of carbonyl (C=O) groups is 1. The summed E-state index contributed by atoms with van der Waals surface area (Å²) in [5.74, 6) is 0.0241. The SMILES string of the molecule is CCc1cccnc1CNC(=O)C1(CN)CCOCC1. The van der Waals surface area contributed by atoms with E-state index >= 15 is 0 Å². The van der Waals surface area contributed by atoms with E-state index in [1.165, 1.54) is 5.56 Å². The maximum atomic E-state index is 12.4. The predicted molar refractivity (Wildman–Crippen MR) is 77.0 cm³/mol. The van der Waals surface area contributed by atoms with Gasteiger partial charge in [0, 0.05) is 26.0 Å². The molecule has 20 heavy (non-hydrogen) atoms. The normalized spacial score (nSPS) is 17.7. The van der Waals surface area contributed by atoms with E-state index in [0.717, 1.165) is 12.1 Å². The number of nitrogens with zero attached hydrogens (tertiary/aromatic N) is 1. The van der Waals surface area contributed by atoms with Crippen molar-refractivity contribution in [1.29, 1.82) is 0 Å². The van der Waals surface area contributed by atoms with Gasteiger partial charge in [-0.1, -0.05) is 13.0 Å². The molecule has 1 saturated heterocycles. The van der Waals surface area contributed by atoms with E-state index in [4.69, 9.17) is 10.5 Å². The van der Waals surface area contributed by atoms with Gasteiger partial charge in [0.05, 0.1) is 17.7 Å². The Morgan fingerprint density at radius 2 is 2.25 bits per heavy atom. The van der Waals surface area contributed by atoms with E-state index in [1.54, 1.807) is 6.20 Å². The Balaban J connectivity index is 2.00. The van der Waals surface area contributed by atoms with E-state index in [2.05, 4.69) is 17.2 Å². The highest BCUT2D eigenvalue weighted by Gasteiger charge is 2.38. The molecule has 0 radical (unpaired) electrons. The van der Waals surface area contributed by atoms with Gasteiger partial charge in [0.25, 0.3) is 0 Å². The van der Waals surface area contributed by atoms with E-state index < -0.39 is 5.41 Å². The molecule has 0 bridgehead atoms. The molecule has 0 unspecified atom stereocenters. The molecule has 0 aromatic carbocycles. The van der Waals surface area contributed by atoms with Gasteiger partial charge in [0.1, 0.15) is 0 Å². The molecule has 1 aromatic rings. The first-order valence-corrected chi connectivity index (χ1v) is 7.21. The number of pyridine rings is 1. The Hall–Kier alpha value is -1.46. The fourth-order valence-electron chi connectivity index (χ4n) is 2.59. The van der Waals surface area contributed by atoms with Crippen molar-refractivity contribution in [2.24, 2.45) is 11.1 Å². The zero-order valence-electron chi connectivity index (χ0n) is 12.0. The molecule has 2 rings (SSSR count). The fourth-order valence-corrected chi connectivity index (χ4v) is 2.59. The van der Waals surface area contributed by atoms with Crippen molar-refractivity contribution in [3.05, 3.63) is 29.6 Å². The van der Waals surface area contributed by atoms with Crippen LogP contribution in [-0.2, 0) is 22.5 Å². The number of hydrogen-bond acceptors (Lipinski definition) is 4. The van der Waals surface area contributed by atoms with Crippen molar-refractivity contribution >= 4 is 5.91 Å². The molecule has 110 valence electrons. The molecule has 5 nitrogen and oxygen atoms in total. The summed E-state index contributed by atoms with van der Waals surface area (Å²) in [6, 6.07) is 3.96. The van der Waals surface area contributed by atoms with Crippen molar-refractivity contribution in [1.82, 2.24) is 10.3 Å². The minimum Gasteiger partial charge on any atom is -0.381 e. The van der Waals surface area contributed by atoms with Gasteiger partial charge in [-0.3, -0.25) is 9.78 Å². The van der Waals surface area contributed by atoms with Gasteiger partial charge in [-0.25, -0.2) is 0 Å². The van der Waals surface area contributed by atoms with Crippen molar-refractivity contribution in [2.75, 3.05) is 19.8 Å². The van der Waals surface area contributed by atoms with Crippen molar-refractivity contribution < 1.29 is 9.53 Å². The van der Waals surface area contributed by atoms with E-state index in [1.807, 2.05) is 12.1 Å². The number of ether oxygens (including phenoxy) is 1. The summed E-state index contributed by atoms with van der Waals surface area (Å²) in [4.78, 5) is 16.8. The molecule has 0 aliphatic carbocycles. The minimum absolute atomic E-state index is 0.0241. The molecule has 1 aliphatic heterocycles. The Morgan fingerprint density at radius 3 is 2.90 bits per heavy atom. The quantitative estimate of drug-likeness (QED) is 0.842. The van der Waals surface area contributed by atoms with E-state index in [9.17, 15) is 4.79 Å². The average molecular weight is 277 g/mol. The molecule has 1 aromatic heterocycles. The monoisotopic (exact) mass is 277 g/mol. The van der Waals surface area contributed by atoms with Gasteiger partial charge >= 0.3 is 0 Å². The van der Waals surface area contributed by atoms with Gasteiger partial charge in [-0.2, -0.15) is 0 Å². The third-order valence-corrected chi connectivity index (χ3v) is 4.10. The maximum Gasteiger partial charge on any atom is 0.227 e. The first-order valence-electron chi connectivity index (χ1n) is 7.21. The van der Waals surface area contributed by atoms with Crippen LogP contribution in [0.4, 0.5) is 0 Å². The summed E-state index contributed by atoms with van der Waals surface area (Å²) in [6.45, 7) is 4.13. The highest BCUT2D eigenvalue weighted by atomic mass is 16.5. The Labute approximate surface area is 119 Å². The van der Waals surface area contributed by atoms with E-state index in [-0.39, 0.29) is 5.91 Å². The number of aryl methyl sites for hydroxylation is 1. The Morgan fingerprint density at radius 1 is 1.50 bits per heavy atom. The van der Waals surface area contributed by atoms with Gasteiger partial charge in [0.2, 0.25) is 5.91 Å². The second kappa shape index (κ2) is 6.81. The third kappa shape index (κ3) is 3.16. The van der Waals surface area contributed by atoms with Crippen LogP contribution < -0.4 is 11.1 Å². The lowest BCUT2D eigenvalue weighted by molar-refractivity contribution is -0.136. The summed E-state index contributed by atoms with van der Waals surface area (Å²) in [7, 11) is 0. The van der Waals surface area contributed by atoms with Crippen molar-refractivity contribution in [3.8, 4) is 0 Å². The number of nitrogens with two attached hydrogens (primary N) is 1. The summed E-state index contributed by atoms with van der Waals surface area (Å²) in [5, 5.41) is 3.00. The smallest absolute Gasteiger partial charge is 0.227 e. The largest absolute Gasteiger partial charge is 0.381 e. The number of aromatic nitrogens is 1. The molecule has 1 amide bonds. The molecule has 0 spiro atoms. The minimum atomic E-state index is -0.473. The summed E-state index contributed by atoms with van der Waals surface area (Å²) < 4.78 is 5.33. The van der Waals surface area contributed by atoms with Crippen molar-refractivity contribution in [3.63, 3.8) is 0 Å². The van der Waals surface area contributed by atoms with Crippen LogP contribution in [0.3, 0.4) is 0 Å². The zero-order valence-corrected chi connectivity index (χ0v) is 12.0. The zero-order chi connectivity index (χ0) is 14.4. The van der Waals surface area contributed by atoms with Crippen LogP contribution in [0.25, 0.3) is 0 Å². The van der Waals surface area contributed by atoms with Crippen LogP contribution in [0.1, 0.15) is 31.0 Å². The Bertz CT molecular complexity index is 456. The van der Waals surface area contributed by atoms with Gasteiger partial charge in [-0.05, 0) is 30.9 Å². The second-order valence-electron chi connectivity index (χ2n) is 5.24. The molecule has 5 heteroatoms. The lowest BCUT2D eigenvalue weighted by Crippen LogP contribution is -2.49. The van der Waals surface area contributed by atoms with Crippen LogP contribution in [-0.4, -0.2) is 30.6 Å². The lowest BCUT2D eigenvalue weighted by Gasteiger charge is -2.34. The van der Waals surface area contributed by atoms with Crippen LogP contribution in [0.2, 0.25) is 0 Å². The van der Waals surface area contributed by atoms with Crippen LogP contribution in [0, 0.1) is 5.41 Å². The summed E-state index contributed by atoms with van der Waals surface area (Å²) in [5.41, 5.74) is 7.46. The topological polar surface area (TPSA) is 77.2 Å². The molecule has 1 aliphatic rings. The first kappa shape index (κ1) is 14.9. The second-order valence-corrected chi connectivity index (χ2v) is 5.24. The van der Waals surface area contributed by atoms with Gasteiger partial charge < -0.3 is 15.8 Å². The number of hydrogen-bond donors (Lipinski definition) is 2. The third-order valence-electron chi connectivity index (χ3n) is 4.10. The molecule has 2 heterocycles. The maximum absolute atomic E-state index is 12.4. The lowest BCUT2D eigenvalue weighted by atomic mass is 9.79. The summed E-state index contributed by atoms with van der Waals surface area (Å²) >= 11 is 0. The number of nitrogens with one attached hydrogen (secondary N) is 1. The number of amides is 1. The molecule has 0 atom stereocenters. The molecule has 0 saturated carbocycles. The van der Waals surface area contributed by atoms with Crippen molar-refractivity contribution in [2.45, 2.75) is 32.7 Å². The molecule has 3 N–H and O–H groups in total. The van der Waals surface area contributed by atoms with Crippen LogP contribution >= 0.6 is 0 Å². The fraction of sp³-hybridized carbons (Fsp3) is 0.600. The number of rotatable bonds is 5. The van der Waals surface area contributed by atoms with Gasteiger partial charge in [0.15, 0.2) is 0 Å².